The van der Waals surface area contributed by atoms with Crippen molar-refractivity contribution < 1.29 is 9.47 Å². The molecule has 0 saturated carbocycles. The first-order valence-electron chi connectivity index (χ1n) is 10.1. The molecule has 1 fully saturated rings. The van der Waals surface area contributed by atoms with E-state index in [1.54, 1.807) is 14.2 Å². The Morgan fingerprint density at radius 3 is 2.72 bits per heavy atom. The van der Waals surface area contributed by atoms with Crippen LogP contribution in [0.25, 0.3) is 10.9 Å². The fourth-order valence-electron chi connectivity index (χ4n) is 4.55. The smallest absolute Gasteiger partial charge is 0.252 e. The topological polar surface area (TPSA) is 54.6 Å². The normalized spacial score (nSPS) is 17.0. The van der Waals surface area contributed by atoms with Gasteiger partial charge < -0.3 is 14.5 Å². The van der Waals surface area contributed by atoms with E-state index in [0.29, 0.717) is 12.5 Å². The van der Waals surface area contributed by atoms with Gasteiger partial charge in [0, 0.05) is 30.1 Å². The Bertz CT molecular complexity index is 1100. The van der Waals surface area contributed by atoms with Gasteiger partial charge in [-0.3, -0.25) is 9.69 Å². The number of aromatic amines is 1. The third kappa shape index (κ3) is 3.75. The summed E-state index contributed by atoms with van der Waals surface area (Å²) in [6, 6.07) is 12.3. The Morgan fingerprint density at radius 2 is 1.97 bits per heavy atom. The van der Waals surface area contributed by atoms with Gasteiger partial charge in [0.15, 0.2) is 11.5 Å². The fourth-order valence-corrected chi connectivity index (χ4v) is 4.55. The molecule has 1 aliphatic heterocycles. The third-order valence-corrected chi connectivity index (χ3v) is 5.91. The molecule has 5 nitrogen and oxygen atoms in total. The highest BCUT2D eigenvalue weighted by molar-refractivity contribution is 5.82. The molecule has 2 heterocycles. The average molecular weight is 392 g/mol. The minimum absolute atomic E-state index is 0.00636. The number of likely N-dealkylation sites (tertiary alicyclic amines) is 1. The molecule has 1 N–H and O–H groups in total. The van der Waals surface area contributed by atoms with E-state index in [1.807, 2.05) is 25.1 Å². The van der Waals surface area contributed by atoms with Crippen molar-refractivity contribution in [3.63, 3.8) is 0 Å². The van der Waals surface area contributed by atoms with Gasteiger partial charge in [-0.25, -0.2) is 0 Å². The predicted molar refractivity (Wildman–Crippen MR) is 116 cm³/mol. The Kier molecular flexibility index (Phi) is 5.33. The first-order chi connectivity index (χ1) is 14.0. The van der Waals surface area contributed by atoms with Crippen molar-refractivity contribution in [2.24, 2.45) is 0 Å². The number of rotatable bonds is 5. The molecule has 2 aromatic carbocycles. The van der Waals surface area contributed by atoms with E-state index in [2.05, 4.69) is 35.0 Å². The molecule has 1 atom stereocenters. The van der Waals surface area contributed by atoms with Crippen LogP contribution in [-0.4, -0.2) is 37.2 Å². The number of pyridine rings is 1. The summed E-state index contributed by atoms with van der Waals surface area (Å²) in [5.74, 6) is 1.94. The van der Waals surface area contributed by atoms with Gasteiger partial charge in [-0.15, -0.1) is 0 Å². The molecule has 0 spiro atoms. The van der Waals surface area contributed by atoms with Gasteiger partial charge in [0.05, 0.1) is 19.7 Å². The van der Waals surface area contributed by atoms with Crippen molar-refractivity contribution >= 4 is 10.9 Å². The number of para-hydroxylation sites is 1. The number of aryl methyl sites for hydroxylation is 2. The zero-order chi connectivity index (χ0) is 20.5. The van der Waals surface area contributed by atoms with Crippen LogP contribution >= 0.6 is 0 Å². The standard InChI is InChI=1S/C24H28N2O3/c1-15-10-16(2)22-18(11-15)12-19(24(27)25-22)14-26-9-8-17(13-26)20-6-5-7-21(28-3)23(20)29-4/h5-7,10-12,17H,8-9,13-14H2,1-4H3,(H,25,27). The molecular formula is C24H28N2O3. The molecule has 5 heteroatoms. The van der Waals surface area contributed by atoms with Crippen LogP contribution in [0.1, 0.15) is 34.6 Å². The Morgan fingerprint density at radius 1 is 1.14 bits per heavy atom. The first kappa shape index (κ1) is 19.5. The molecule has 3 aromatic rings. The lowest BCUT2D eigenvalue weighted by atomic mass is 9.97. The summed E-state index contributed by atoms with van der Waals surface area (Å²) in [4.78, 5) is 18.1. The molecule has 0 bridgehead atoms. The second kappa shape index (κ2) is 7.91. The van der Waals surface area contributed by atoms with Crippen LogP contribution in [0, 0.1) is 13.8 Å². The van der Waals surface area contributed by atoms with Gasteiger partial charge in [-0.05, 0) is 56.0 Å². The first-order valence-corrected chi connectivity index (χ1v) is 10.1. The van der Waals surface area contributed by atoms with E-state index in [1.165, 1.54) is 11.1 Å². The highest BCUT2D eigenvalue weighted by Crippen LogP contribution is 2.39. The minimum Gasteiger partial charge on any atom is -0.493 e. The molecular weight excluding hydrogens is 364 g/mol. The number of methoxy groups -OCH3 is 2. The van der Waals surface area contributed by atoms with Crippen LogP contribution in [0.2, 0.25) is 0 Å². The Hall–Kier alpha value is -2.79. The van der Waals surface area contributed by atoms with Gasteiger partial charge in [-0.2, -0.15) is 0 Å². The number of ether oxygens (including phenoxy) is 2. The van der Waals surface area contributed by atoms with E-state index < -0.39 is 0 Å². The Labute approximate surface area is 171 Å². The van der Waals surface area contributed by atoms with E-state index in [0.717, 1.165) is 53.0 Å². The summed E-state index contributed by atoms with van der Waals surface area (Å²) in [5.41, 5.74) is 5.25. The average Bonchev–Trinajstić information content (AvgIpc) is 3.17. The second-order valence-corrected chi connectivity index (χ2v) is 7.97. The number of benzene rings is 2. The molecule has 152 valence electrons. The van der Waals surface area contributed by atoms with Crippen molar-refractivity contribution in [1.29, 1.82) is 0 Å². The van der Waals surface area contributed by atoms with Gasteiger partial charge >= 0.3 is 0 Å². The van der Waals surface area contributed by atoms with Gasteiger partial charge in [0.1, 0.15) is 0 Å². The Balaban J connectivity index is 1.57. The fraction of sp³-hybridized carbons (Fsp3) is 0.375. The van der Waals surface area contributed by atoms with Gasteiger partial charge in [0.25, 0.3) is 5.56 Å². The molecule has 1 aromatic heterocycles. The van der Waals surface area contributed by atoms with Crippen molar-refractivity contribution in [1.82, 2.24) is 9.88 Å². The van der Waals surface area contributed by atoms with Crippen LogP contribution in [0.3, 0.4) is 0 Å². The highest BCUT2D eigenvalue weighted by atomic mass is 16.5. The molecule has 1 unspecified atom stereocenters. The zero-order valence-electron chi connectivity index (χ0n) is 17.5. The molecule has 29 heavy (non-hydrogen) atoms. The van der Waals surface area contributed by atoms with Crippen molar-refractivity contribution in [3.8, 4) is 11.5 Å². The highest BCUT2D eigenvalue weighted by Gasteiger charge is 2.28. The van der Waals surface area contributed by atoms with Gasteiger partial charge in [0.2, 0.25) is 0 Å². The van der Waals surface area contributed by atoms with Crippen LogP contribution in [0.15, 0.2) is 41.2 Å². The third-order valence-electron chi connectivity index (χ3n) is 5.91. The van der Waals surface area contributed by atoms with Crippen molar-refractivity contribution in [2.45, 2.75) is 32.7 Å². The molecule has 4 rings (SSSR count). The summed E-state index contributed by atoms with van der Waals surface area (Å²) < 4.78 is 11.1. The summed E-state index contributed by atoms with van der Waals surface area (Å²) in [6.45, 7) is 6.63. The van der Waals surface area contributed by atoms with E-state index >= 15 is 0 Å². The molecule has 0 aliphatic carbocycles. The number of aromatic nitrogens is 1. The van der Waals surface area contributed by atoms with E-state index in [-0.39, 0.29) is 5.56 Å². The second-order valence-electron chi connectivity index (χ2n) is 7.97. The van der Waals surface area contributed by atoms with Crippen molar-refractivity contribution in [2.75, 3.05) is 27.3 Å². The maximum Gasteiger partial charge on any atom is 0.252 e. The summed E-state index contributed by atoms with van der Waals surface area (Å²) in [5, 5.41) is 1.10. The predicted octanol–water partition coefficient (Wildman–Crippen LogP) is 4.15. The summed E-state index contributed by atoms with van der Waals surface area (Å²) in [7, 11) is 3.35. The molecule has 0 amide bonds. The monoisotopic (exact) mass is 392 g/mol. The molecule has 1 saturated heterocycles. The maximum absolute atomic E-state index is 12.7. The largest absolute Gasteiger partial charge is 0.493 e. The molecule has 0 radical (unpaired) electrons. The van der Waals surface area contributed by atoms with E-state index in [9.17, 15) is 4.79 Å². The number of fused-ring (bicyclic) bond motifs is 1. The van der Waals surface area contributed by atoms with Crippen LogP contribution in [0.4, 0.5) is 0 Å². The van der Waals surface area contributed by atoms with Gasteiger partial charge in [-0.1, -0.05) is 23.8 Å². The SMILES string of the molecule is COc1cccc(C2CCN(Cc3cc4cc(C)cc(C)c4[nH]c3=O)C2)c1OC. The lowest BCUT2D eigenvalue weighted by Crippen LogP contribution is -2.25. The number of nitrogens with zero attached hydrogens (tertiary/aromatic N) is 1. The van der Waals surface area contributed by atoms with Crippen LogP contribution < -0.4 is 15.0 Å². The number of H-pyrrole nitrogens is 1. The van der Waals surface area contributed by atoms with Crippen molar-refractivity contribution in [3.05, 3.63) is 69.0 Å². The van der Waals surface area contributed by atoms with Crippen LogP contribution in [0.5, 0.6) is 11.5 Å². The zero-order valence-corrected chi connectivity index (χ0v) is 17.5. The minimum atomic E-state index is 0.00636. The quantitative estimate of drug-likeness (QED) is 0.709. The number of hydrogen-bond acceptors (Lipinski definition) is 4. The lowest BCUT2D eigenvalue weighted by Gasteiger charge is -2.19. The number of nitrogens with one attached hydrogen (secondary N) is 1. The number of hydrogen-bond donors (Lipinski definition) is 1. The maximum atomic E-state index is 12.7. The van der Waals surface area contributed by atoms with E-state index in [4.69, 9.17) is 9.47 Å². The summed E-state index contributed by atoms with van der Waals surface area (Å²) >= 11 is 0. The summed E-state index contributed by atoms with van der Waals surface area (Å²) in [6.07, 6.45) is 1.03. The van der Waals surface area contributed by atoms with Crippen LogP contribution in [-0.2, 0) is 6.54 Å². The lowest BCUT2D eigenvalue weighted by molar-refractivity contribution is 0.322. The molecule has 1 aliphatic rings.